The minimum Gasteiger partial charge on any atom is -0.469 e. The molecule has 0 saturated heterocycles. The molecule has 90 valence electrons. The largest absolute Gasteiger partial charge is 0.469 e. The fourth-order valence-electron chi connectivity index (χ4n) is 1.39. The molecule has 1 atom stereocenters. The maximum absolute atomic E-state index is 11.6. The molecule has 0 aromatic carbocycles. The van der Waals surface area contributed by atoms with Gasteiger partial charge >= 0.3 is 0 Å². The second-order valence-corrected chi connectivity index (χ2v) is 3.83. The number of carbonyl (C=O) groups is 1. The molecule has 4 nitrogen and oxygen atoms in total. The van der Waals surface area contributed by atoms with Gasteiger partial charge in [-0.15, -0.1) is 0 Å². The first-order valence-corrected chi connectivity index (χ1v) is 5.74. The van der Waals surface area contributed by atoms with Crippen LogP contribution in [0.4, 0.5) is 0 Å². The van der Waals surface area contributed by atoms with Crippen molar-refractivity contribution in [2.24, 2.45) is 5.92 Å². The van der Waals surface area contributed by atoms with Gasteiger partial charge < -0.3 is 15.1 Å². The highest BCUT2D eigenvalue weighted by Gasteiger charge is 2.11. The van der Waals surface area contributed by atoms with Gasteiger partial charge in [-0.1, -0.05) is 13.8 Å². The van der Waals surface area contributed by atoms with Crippen LogP contribution in [-0.2, 0) is 11.2 Å². The Morgan fingerprint density at radius 3 is 3.00 bits per heavy atom. The monoisotopic (exact) mass is 224 g/mol. The molecular formula is C12H20N2O2. The number of carbonyl (C=O) groups excluding carboxylic acids is 1. The Morgan fingerprint density at radius 1 is 1.56 bits per heavy atom. The van der Waals surface area contributed by atoms with Crippen molar-refractivity contribution < 1.29 is 9.21 Å². The van der Waals surface area contributed by atoms with E-state index in [-0.39, 0.29) is 11.8 Å². The first-order valence-electron chi connectivity index (χ1n) is 5.74. The van der Waals surface area contributed by atoms with Gasteiger partial charge in [-0.05, 0) is 18.7 Å². The molecule has 0 bridgehead atoms. The van der Waals surface area contributed by atoms with Crippen molar-refractivity contribution in [1.29, 1.82) is 0 Å². The summed E-state index contributed by atoms with van der Waals surface area (Å²) in [5.74, 6) is 1.00. The van der Waals surface area contributed by atoms with Crippen LogP contribution in [-0.4, -0.2) is 25.5 Å². The Bertz CT molecular complexity index is 296. The lowest BCUT2D eigenvalue weighted by atomic mass is 10.1. The Hall–Kier alpha value is -1.29. The minimum absolute atomic E-state index is 0.0107. The molecule has 0 spiro atoms. The van der Waals surface area contributed by atoms with Crippen molar-refractivity contribution in [3.63, 3.8) is 0 Å². The van der Waals surface area contributed by atoms with Gasteiger partial charge in [-0.2, -0.15) is 0 Å². The number of nitrogens with one attached hydrogen (secondary N) is 2. The Kier molecular flexibility index (Phi) is 5.64. The number of rotatable bonds is 7. The van der Waals surface area contributed by atoms with Crippen LogP contribution in [0.1, 0.15) is 19.6 Å². The molecule has 1 rings (SSSR count). The highest BCUT2D eigenvalue weighted by atomic mass is 16.3. The van der Waals surface area contributed by atoms with Crippen LogP contribution in [0.25, 0.3) is 0 Å². The van der Waals surface area contributed by atoms with Crippen LogP contribution in [0.3, 0.4) is 0 Å². The molecule has 1 unspecified atom stereocenters. The highest BCUT2D eigenvalue weighted by molar-refractivity contribution is 5.78. The van der Waals surface area contributed by atoms with E-state index >= 15 is 0 Å². The zero-order valence-corrected chi connectivity index (χ0v) is 9.95. The van der Waals surface area contributed by atoms with Crippen LogP contribution < -0.4 is 10.6 Å². The van der Waals surface area contributed by atoms with E-state index in [1.165, 1.54) is 0 Å². The number of amides is 1. The maximum atomic E-state index is 11.6. The van der Waals surface area contributed by atoms with Crippen LogP contribution in [0.15, 0.2) is 22.8 Å². The molecule has 1 amide bonds. The molecule has 0 aliphatic heterocycles. The van der Waals surface area contributed by atoms with Gasteiger partial charge in [0.15, 0.2) is 0 Å². The maximum Gasteiger partial charge on any atom is 0.224 e. The summed E-state index contributed by atoms with van der Waals surface area (Å²) >= 11 is 0. The summed E-state index contributed by atoms with van der Waals surface area (Å²) in [6.07, 6.45) is 2.39. The highest BCUT2D eigenvalue weighted by Crippen LogP contribution is 2.00. The third-order valence-electron chi connectivity index (χ3n) is 2.40. The van der Waals surface area contributed by atoms with Crippen LogP contribution in [0.5, 0.6) is 0 Å². The second kappa shape index (κ2) is 7.06. The molecule has 1 aromatic heterocycles. The van der Waals surface area contributed by atoms with E-state index in [0.717, 1.165) is 25.3 Å². The molecule has 2 N–H and O–H groups in total. The summed E-state index contributed by atoms with van der Waals surface area (Å²) in [7, 11) is 0. The zero-order chi connectivity index (χ0) is 11.8. The molecule has 4 heteroatoms. The molecular weight excluding hydrogens is 204 g/mol. The lowest BCUT2D eigenvalue weighted by molar-refractivity contribution is -0.124. The van der Waals surface area contributed by atoms with E-state index in [9.17, 15) is 4.79 Å². The van der Waals surface area contributed by atoms with E-state index < -0.39 is 0 Å². The van der Waals surface area contributed by atoms with Crippen molar-refractivity contribution in [2.45, 2.75) is 20.3 Å². The second-order valence-electron chi connectivity index (χ2n) is 3.83. The molecule has 0 aliphatic carbocycles. The molecule has 0 radical (unpaired) electrons. The van der Waals surface area contributed by atoms with Gasteiger partial charge in [0.05, 0.1) is 6.26 Å². The molecule has 16 heavy (non-hydrogen) atoms. The van der Waals surface area contributed by atoms with Crippen molar-refractivity contribution in [1.82, 2.24) is 10.6 Å². The zero-order valence-electron chi connectivity index (χ0n) is 9.95. The van der Waals surface area contributed by atoms with Crippen molar-refractivity contribution in [3.8, 4) is 0 Å². The van der Waals surface area contributed by atoms with Crippen molar-refractivity contribution >= 4 is 5.91 Å². The topological polar surface area (TPSA) is 54.3 Å². The molecule has 1 heterocycles. The normalized spacial score (nSPS) is 12.4. The molecule has 1 aromatic rings. The van der Waals surface area contributed by atoms with Crippen LogP contribution in [0.2, 0.25) is 0 Å². The first kappa shape index (κ1) is 12.8. The van der Waals surface area contributed by atoms with E-state index in [1.807, 2.05) is 26.0 Å². The fraction of sp³-hybridized carbons (Fsp3) is 0.583. The lowest BCUT2D eigenvalue weighted by Crippen LogP contribution is -2.36. The van der Waals surface area contributed by atoms with E-state index in [1.54, 1.807) is 6.26 Å². The molecule has 0 saturated carbocycles. The Labute approximate surface area is 96.4 Å². The third kappa shape index (κ3) is 4.49. The van der Waals surface area contributed by atoms with Gasteiger partial charge in [0.1, 0.15) is 5.76 Å². The summed E-state index contributed by atoms with van der Waals surface area (Å²) in [6.45, 7) is 6.20. The van der Waals surface area contributed by atoms with Crippen molar-refractivity contribution in [2.75, 3.05) is 19.6 Å². The molecule has 0 fully saturated rings. The van der Waals surface area contributed by atoms with E-state index in [0.29, 0.717) is 6.54 Å². The number of furan rings is 1. The summed E-state index contributed by atoms with van der Waals surface area (Å²) in [4.78, 5) is 11.6. The lowest BCUT2D eigenvalue weighted by Gasteiger charge is -2.11. The van der Waals surface area contributed by atoms with Gasteiger partial charge in [0.25, 0.3) is 0 Å². The van der Waals surface area contributed by atoms with E-state index in [4.69, 9.17) is 4.42 Å². The molecule has 0 aliphatic rings. The van der Waals surface area contributed by atoms with Crippen LogP contribution in [0, 0.1) is 5.92 Å². The Balaban J connectivity index is 2.14. The predicted molar refractivity (Wildman–Crippen MR) is 63.1 cm³/mol. The number of hydrogen-bond donors (Lipinski definition) is 2. The van der Waals surface area contributed by atoms with Crippen molar-refractivity contribution in [3.05, 3.63) is 24.2 Å². The first-order chi connectivity index (χ1) is 7.74. The van der Waals surface area contributed by atoms with Crippen LogP contribution >= 0.6 is 0 Å². The summed E-state index contributed by atoms with van der Waals surface area (Å²) in [5, 5.41) is 6.04. The summed E-state index contributed by atoms with van der Waals surface area (Å²) in [6, 6.07) is 3.76. The predicted octanol–water partition coefficient (Wildman–Crippen LogP) is 1.18. The van der Waals surface area contributed by atoms with Gasteiger partial charge in [0.2, 0.25) is 5.91 Å². The average Bonchev–Trinajstić information content (AvgIpc) is 2.78. The Morgan fingerprint density at radius 2 is 2.38 bits per heavy atom. The van der Waals surface area contributed by atoms with Gasteiger partial charge in [-0.25, -0.2) is 0 Å². The summed E-state index contributed by atoms with van der Waals surface area (Å²) in [5.41, 5.74) is 0. The summed E-state index contributed by atoms with van der Waals surface area (Å²) < 4.78 is 5.18. The van der Waals surface area contributed by atoms with Gasteiger partial charge in [0, 0.05) is 25.4 Å². The minimum atomic E-state index is 0.0107. The van der Waals surface area contributed by atoms with E-state index in [2.05, 4.69) is 10.6 Å². The number of hydrogen-bond acceptors (Lipinski definition) is 3. The van der Waals surface area contributed by atoms with Gasteiger partial charge in [-0.3, -0.25) is 4.79 Å². The smallest absolute Gasteiger partial charge is 0.224 e. The standard InChI is InChI=1S/C12H20N2O2/c1-3-13-9-10(2)12(15)14-7-6-11-5-4-8-16-11/h4-5,8,10,13H,3,6-7,9H2,1-2H3,(H,14,15). The average molecular weight is 224 g/mol. The quantitative estimate of drug-likeness (QED) is 0.731. The fourth-order valence-corrected chi connectivity index (χ4v) is 1.39. The third-order valence-corrected chi connectivity index (χ3v) is 2.40. The SMILES string of the molecule is CCNCC(C)C(=O)NCCc1ccco1.